The minimum absolute atomic E-state index is 0.129. The first-order valence-corrected chi connectivity index (χ1v) is 15.4. The highest BCUT2D eigenvalue weighted by Crippen LogP contribution is 2.38. The Kier molecular flexibility index (Phi) is 8.01. The molecule has 1 amide bonds. The van der Waals surface area contributed by atoms with Gasteiger partial charge in [0.15, 0.2) is 0 Å². The number of amides is 1. The molecule has 0 radical (unpaired) electrons. The molecular formula is C27H33N5O5S2. The van der Waals surface area contributed by atoms with E-state index in [-0.39, 0.29) is 10.8 Å². The zero-order valence-corrected chi connectivity index (χ0v) is 24.0. The molecule has 0 atom stereocenters. The van der Waals surface area contributed by atoms with Gasteiger partial charge in [-0.1, -0.05) is 6.92 Å². The second kappa shape index (κ2) is 11.3. The van der Waals surface area contributed by atoms with Gasteiger partial charge in [-0.2, -0.15) is 9.40 Å². The summed E-state index contributed by atoms with van der Waals surface area (Å²) in [6, 6.07) is 7.75. The zero-order chi connectivity index (χ0) is 27.7. The number of sulfonamides is 1. The number of hydrogen-bond donors (Lipinski definition) is 1. The number of morpholine rings is 1. The average molecular weight is 572 g/mol. The molecule has 208 valence electrons. The van der Waals surface area contributed by atoms with Crippen LogP contribution in [-0.2, 0) is 27.7 Å². The van der Waals surface area contributed by atoms with Crippen LogP contribution in [0.25, 0.3) is 0 Å². The smallest absolute Gasteiger partial charge is 0.281 e. The number of rotatable bonds is 7. The number of thiophene rings is 1. The van der Waals surface area contributed by atoms with Crippen LogP contribution in [-0.4, -0.2) is 78.6 Å². The van der Waals surface area contributed by atoms with E-state index in [4.69, 9.17) is 4.74 Å². The molecule has 1 saturated heterocycles. The summed E-state index contributed by atoms with van der Waals surface area (Å²) in [4.78, 5) is 30.6. The largest absolute Gasteiger partial charge is 0.379 e. The Labute approximate surface area is 232 Å². The fourth-order valence-electron chi connectivity index (χ4n) is 5.11. The first kappa shape index (κ1) is 27.7. The number of nitrogens with zero attached hydrogens (tertiary/aromatic N) is 4. The van der Waals surface area contributed by atoms with Gasteiger partial charge >= 0.3 is 0 Å². The lowest BCUT2D eigenvalue weighted by molar-refractivity contribution is 0.0730. The summed E-state index contributed by atoms with van der Waals surface area (Å²) in [5.74, 6) is -0.666. The Morgan fingerprint density at radius 2 is 1.82 bits per heavy atom. The Bertz CT molecular complexity index is 1490. The van der Waals surface area contributed by atoms with Gasteiger partial charge < -0.3 is 10.1 Å². The maximum absolute atomic E-state index is 13.7. The van der Waals surface area contributed by atoms with Crippen molar-refractivity contribution < 1.29 is 22.7 Å². The quantitative estimate of drug-likeness (QED) is 0.463. The van der Waals surface area contributed by atoms with Crippen LogP contribution in [0.1, 0.15) is 55.9 Å². The Morgan fingerprint density at radius 1 is 1.10 bits per heavy atom. The Balaban J connectivity index is 1.43. The van der Waals surface area contributed by atoms with Crippen molar-refractivity contribution in [3.05, 3.63) is 63.3 Å². The van der Waals surface area contributed by atoms with Crippen LogP contribution in [0, 0.1) is 13.8 Å². The fraction of sp³-hybridized carbons (Fsp3) is 0.444. The third-order valence-corrected chi connectivity index (χ3v) is 10.1. The van der Waals surface area contributed by atoms with Crippen LogP contribution in [0.4, 0.5) is 5.00 Å². The van der Waals surface area contributed by atoms with E-state index in [0.717, 1.165) is 54.3 Å². The number of carbonyl (C=O) groups is 2. The minimum Gasteiger partial charge on any atom is -0.379 e. The molecule has 0 unspecified atom stereocenters. The van der Waals surface area contributed by atoms with Crippen LogP contribution < -0.4 is 5.32 Å². The van der Waals surface area contributed by atoms with Gasteiger partial charge in [0.05, 0.1) is 29.4 Å². The zero-order valence-electron chi connectivity index (χ0n) is 22.4. The normalized spacial score (nSPS) is 16.7. The average Bonchev–Trinajstić information content (AvgIpc) is 3.46. The molecule has 1 N–H and O–H groups in total. The van der Waals surface area contributed by atoms with E-state index in [1.807, 2.05) is 19.9 Å². The topological polar surface area (TPSA) is 114 Å². The van der Waals surface area contributed by atoms with Gasteiger partial charge in [-0.25, -0.2) is 13.1 Å². The van der Waals surface area contributed by atoms with E-state index < -0.39 is 15.9 Å². The first-order valence-electron chi connectivity index (χ1n) is 13.1. The summed E-state index contributed by atoms with van der Waals surface area (Å²) in [7, 11) is -3.66. The molecule has 3 aromatic rings. The van der Waals surface area contributed by atoms with Crippen molar-refractivity contribution in [3.8, 4) is 0 Å². The summed E-state index contributed by atoms with van der Waals surface area (Å²) < 4.78 is 33.9. The van der Waals surface area contributed by atoms with Crippen LogP contribution in [0.15, 0.2) is 35.2 Å². The first-order chi connectivity index (χ1) is 18.7. The van der Waals surface area contributed by atoms with Crippen molar-refractivity contribution in [2.75, 3.05) is 44.7 Å². The van der Waals surface area contributed by atoms with Crippen molar-refractivity contribution in [1.29, 1.82) is 0 Å². The second-order valence-corrected chi connectivity index (χ2v) is 12.9. The molecule has 0 bridgehead atoms. The van der Waals surface area contributed by atoms with Gasteiger partial charge in [0.1, 0.15) is 5.00 Å². The number of hydrogen-bond acceptors (Lipinski definition) is 8. The lowest BCUT2D eigenvalue weighted by Crippen LogP contribution is -2.40. The molecule has 2 aromatic heterocycles. The molecule has 10 nitrogen and oxygen atoms in total. The lowest BCUT2D eigenvalue weighted by atomic mass is 10.0. The predicted molar refractivity (Wildman–Crippen MR) is 149 cm³/mol. The summed E-state index contributed by atoms with van der Waals surface area (Å²) in [6.07, 6.45) is 1.76. The highest BCUT2D eigenvalue weighted by atomic mass is 32.2. The highest BCUT2D eigenvalue weighted by Gasteiger charge is 2.31. The number of ether oxygens (including phenoxy) is 1. The summed E-state index contributed by atoms with van der Waals surface area (Å²) >= 11 is 1.43. The second-order valence-electron chi connectivity index (χ2n) is 9.87. The van der Waals surface area contributed by atoms with E-state index in [0.29, 0.717) is 42.4 Å². The molecule has 4 heterocycles. The molecule has 0 saturated carbocycles. The number of aryl methyl sites for hydroxylation is 2. The molecule has 2 aliphatic rings. The summed E-state index contributed by atoms with van der Waals surface area (Å²) in [5, 5.41) is 7.83. The van der Waals surface area contributed by atoms with Crippen LogP contribution in [0.2, 0.25) is 0 Å². The van der Waals surface area contributed by atoms with Crippen molar-refractivity contribution >= 4 is 38.2 Å². The predicted octanol–water partition coefficient (Wildman–Crippen LogP) is 3.29. The van der Waals surface area contributed by atoms with Gasteiger partial charge in [-0.3, -0.25) is 14.5 Å². The Hall–Kier alpha value is -2.90. The van der Waals surface area contributed by atoms with Crippen LogP contribution >= 0.6 is 11.3 Å². The number of anilines is 1. The van der Waals surface area contributed by atoms with E-state index in [1.165, 1.54) is 44.6 Å². The molecule has 2 aliphatic heterocycles. The van der Waals surface area contributed by atoms with Crippen LogP contribution in [0.3, 0.4) is 0 Å². The maximum atomic E-state index is 13.7. The molecule has 0 aliphatic carbocycles. The van der Waals surface area contributed by atoms with Crippen LogP contribution in [0.5, 0.6) is 0 Å². The number of aromatic nitrogens is 2. The van der Waals surface area contributed by atoms with E-state index in [1.54, 1.807) is 0 Å². The van der Waals surface area contributed by atoms with Crippen molar-refractivity contribution in [2.45, 2.75) is 45.1 Å². The van der Waals surface area contributed by atoms with Crippen molar-refractivity contribution in [1.82, 2.24) is 19.0 Å². The monoisotopic (exact) mass is 571 g/mol. The van der Waals surface area contributed by atoms with Gasteiger partial charge in [0, 0.05) is 42.3 Å². The SMILES string of the molecule is CCCN1CCc2c(sc(NC(=O)c3ccc(S(=O)(=O)N4CCOCC4)cc3)c2C(=O)n2nc(C)cc2C)C1. The molecule has 1 fully saturated rings. The number of benzene rings is 1. The van der Waals surface area contributed by atoms with Gasteiger partial charge in [0.25, 0.3) is 11.8 Å². The van der Waals surface area contributed by atoms with Gasteiger partial charge in [0.2, 0.25) is 10.0 Å². The minimum atomic E-state index is -3.66. The fourth-order valence-corrected chi connectivity index (χ4v) is 7.79. The summed E-state index contributed by atoms with van der Waals surface area (Å²) in [6.45, 7) is 9.70. The Morgan fingerprint density at radius 3 is 2.46 bits per heavy atom. The van der Waals surface area contributed by atoms with E-state index in [9.17, 15) is 18.0 Å². The number of fused-ring (bicyclic) bond motifs is 1. The highest BCUT2D eigenvalue weighted by molar-refractivity contribution is 7.89. The standard InChI is InChI=1S/C27H33N5O5S2/c1-4-10-30-11-9-22-23(17-30)38-26(24(22)27(34)32-19(3)16-18(2)29-32)28-25(33)20-5-7-21(8-6-20)39(35,36)31-12-14-37-15-13-31/h5-8,16H,4,9-15,17H2,1-3H3,(H,28,33). The molecule has 1 aromatic carbocycles. The number of nitrogens with one attached hydrogen (secondary N) is 1. The third kappa shape index (κ3) is 5.57. The molecule has 0 spiro atoms. The molecular weight excluding hydrogens is 538 g/mol. The molecule has 5 rings (SSSR count). The molecule has 12 heteroatoms. The van der Waals surface area contributed by atoms with E-state index in [2.05, 4.69) is 22.2 Å². The lowest BCUT2D eigenvalue weighted by Gasteiger charge is -2.26. The van der Waals surface area contributed by atoms with Gasteiger partial charge in [-0.05, 0) is 69.1 Å². The third-order valence-electron chi connectivity index (χ3n) is 7.04. The summed E-state index contributed by atoms with van der Waals surface area (Å²) in [5.41, 5.74) is 3.23. The van der Waals surface area contributed by atoms with Crippen molar-refractivity contribution in [3.63, 3.8) is 0 Å². The van der Waals surface area contributed by atoms with Gasteiger partial charge in [-0.15, -0.1) is 11.3 Å². The maximum Gasteiger partial charge on any atom is 0.281 e. The molecule has 39 heavy (non-hydrogen) atoms. The van der Waals surface area contributed by atoms with Crippen molar-refractivity contribution in [2.24, 2.45) is 0 Å². The van der Waals surface area contributed by atoms with E-state index >= 15 is 0 Å². The number of carbonyl (C=O) groups excluding carboxylic acids is 2.